The summed E-state index contributed by atoms with van der Waals surface area (Å²) < 4.78 is 8.93. The van der Waals surface area contributed by atoms with Crippen LogP contribution in [0, 0.1) is 0 Å². The SMILES string of the molecule is COCC(=O)NCC[C@@H]1CN(Cc2cnn(C(C)C)c2)Cc2ccnn21. The second-order valence-corrected chi connectivity index (χ2v) is 7.08. The summed E-state index contributed by atoms with van der Waals surface area (Å²) in [6.07, 6.45) is 6.76. The third-order valence-electron chi connectivity index (χ3n) is 4.62. The molecule has 0 spiro atoms. The Bertz CT molecular complexity index is 723. The van der Waals surface area contributed by atoms with Gasteiger partial charge >= 0.3 is 0 Å². The second-order valence-electron chi connectivity index (χ2n) is 7.08. The van der Waals surface area contributed by atoms with Gasteiger partial charge in [-0.1, -0.05) is 0 Å². The van der Waals surface area contributed by atoms with Gasteiger partial charge < -0.3 is 10.1 Å². The number of amides is 1. The van der Waals surface area contributed by atoms with Crippen molar-refractivity contribution in [1.29, 1.82) is 0 Å². The first-order valence-electron chi connectivity index (χ1n) is 9.10. The largest absolute Gasteiger partial charge is 0.375 e. The lowest BCUT2D eigenvalue weighted by molar-refractivity contribution is -0.124. The maximum absolute atomic E-state index is 11.6. The Morgan fingerprint density at radius 3 is 3.00 bits per heavy atom. The van der Waals surface area contributed by atoms with E-state index in [2.05, 4.69) is 51.2 Å². The van der Waals surface area contributed by atoms with Crippen molar-refractivity contribution in [2.75, 3.05) is 26.8 Å². The van der Waals surface area contributed by atoms with E-state index >= 15 is 0 Å². The van der Waals surface area contributed by atoms with Crippen molar-refractivity contribution in [3.05, 3.63) is 35.9 Å². The van der Waals surface area contributed by atoms with Crippen molar-refractivity contribution in [3.63, 3.8) is 0 Å². The molecule has 1 atom stereocenters. The van der Waals surface area contributed by atoms with Crippen LogP contribution in [0.15, 0.2) is 24.7 Å². The topological polar surface area (TPSA) is 77.2 Å². The fourth-order valence-corrected chi connectivity index (χ4v) is 3.36. The number of nitrogens with one attached hydrogen (secondary N) is 1. The van der Waals surface area contributed by atoms with E-state index in [-0.39, 0.29) is 18.6 Å². The molecular weight excluding hydrogens is 332 g/mol. The Balaban J connectivity index is 1.60. The highest BCUT2D eigenvalue weighted by atomic mass is 16.5. The highest BCUT2D eigenvalue weighted by Gasteiger charge is 2.25. The van der Waals surface area contributed by atoms with E-state index < -0.39 is 0 Å². The summed E-state index contributed by atoms with van der Waals surface area (Å²) in [5.41, 5.74) is 2.43. The van der Waals surface area contributed by atoms with Crippen LogP contribution in [-0.2, 0) is 22.6 Å². The summed E-state index contributed by atoms with van der Waals surface area (Å²) in [5.74, 6) is -0.0815. The van der Waals surface area contributed by atoms with Crippen LogP contribution in [0.4, 0.5) is 0 Å². The predicted octanol–water partition coefficient (Wildman–Crippen LogP) is 1.37. The fraction of sp³-hybridized carbons (Fsp3) is 0.611. The zero-order valence-electron chi connectivity index (χ0n) is 15.8. The molecule has 0 aliphatic carbocycles. The number of carbonyl (C=O) groups excluding carboxylic acids is 1. The van der Waals surface area contributed by atoms with Gasteiger partial charge in [0.05, 0.1) is 17.9 Å². The molecule has 0 saturated carbocycles. The molecule has 0 bridgehead atoms. The number of hydrogen-bond donors (Lipinski definition) is 1. The average molecular weight is 360 g/mol. The summed E-state index contributed by atoms with van der Waals surface area (Å²) in [6, 6.07) is 2.69. The molecule has 3 heterocycles. The maximum Gasteiger partial charge on any atom is 0.245 e. The van der Waals surface area contributed by atoms with Gasteiger partial charge in [-0.05, 0) is 26.3 Å². The average Bonchev–Trinajstić information content (AvgIpc) is 3.24. The number of fused-ring (bicyclic) bond motifs is 1. The monoisotopic (exact) mass is 360 g/mol. The van der Waals surface area contributed by atoms with Crippen LogP contribution in [0.3, 0.4) is 0 Å². The molecule has 2 aromatic rings. The number of nitrogens with zero attached hydrogens (tertiary/aromatic N) is 5. The zero-order chi connectivity index (χ0) is 18.5. The third-order valence-corrected chi connectivity index (χ3v) is 4.62. The number of methoxy groups -OCH3 is 1. The maximum atomic E-state index is 11.6. The molecule has 1 aliphatic heterocycles. The molecule has 1 amide bonds. The van der Waals surface area contributed by atoms with Gasteiger partial charge in [-0.15, -0.1) is 0 Å². The van der Waals surface area contributed by atoms with E-state index in [0.29, 0.717) is 12.6 Å². The van der Waals surface area contributed by atoms with E-state index in [1.807, 2.05) is 17.1 Å². The summed E-state index contributed by atoms with van der Waals surface area (Å²) in [5, 5.41) is 11.8. The summed E-state index contributed by atoms with van der Waals surface area (Å²) in [7, 11) is 1.52. The molecule has 1 aliphatic rings. The van der Waals surface area contributed by atoms with Crippen LogP contribution >= 0.6 is 0 Å². The normalized spacial score (nSPS) is 17.5. The number of aromatic nitrogens is 4. The molecule has 142 valence electrons. The van der Waals surface area contributed by atoms with Gasteiger partial charge in [0.25, 0.3) is 0 Å². The molecule has 8 heteroatoms. The van der Waals surface area contributed by atoms with Crippen molar-refractivity contribution >= 4 is 5.91 Å². The molecule has 26 heavy (non-hydrogen) atoms. The third kappa shape index (κ3) is 4.50. The number of carbonyl (C=O) groups is 1. The van der Waals surface area contributed by atoms with Crippen LogP contribution in [0.1, 0.15) is 43.6 Å². The minimum absolute atomic E-state index is 0.0815. The van der Waals surface area contributed by atoms with Crippen molar-refractivity contribution in [1.82, 2.24) is 29.8 Å². The zero-order valence-corrected chi connectivity index (χ0v) is 15.8. The van der Waals surface area contributed by atoms with Gasteiger partial charge in [0.2, 0.25) is 5.91 Å². The highest BCUT2D eigenvalue weighted by Crippen LogP contribution is 2.24. The Hall–Kier alpha value is -2.19. The van der Waals surface area contributed by atoms with Gasteiger partial charge in [0.1, 0.15) is 6.61 Å². The summed E-state index contributed by atoms with van der Waals surface area (Å²) in [4.78, 5) is 14.0. The van der Waals surface area contributed by atoms with E-state index in [4.69, 9.17) is 4.74 Å². The van der Waals surface area contributed by atoms with Crippen molar-refractivity contribution in [2.24, 2.45) is 0 Å². The van der Waals surface area contributed by atoms with Crippen molar-refractivity contribution in [2.45, 2.75) is 45.4 Å². The van der Waals surface area contributed by atoms with Crippen LogP contribution in [0.2, 0.25) is 0 Å². The Kier molecular flexibility index (Phi) is 6.05. The Morgan fingerprint density at radius 2 is 2.27 bits per heavy atom. The van der Waals surface area contributed by atoms with Crippen LogP contribution in [0.25, 0.3) is 0 Å². The standard InChI is InChI=1S/C18H28N6O2/c1-14(2)23-10-15(8-21-23)9-22-11-16(4-6-19-18(25)13-26-3)24-17(12-22)5-7-20-24/h5,7-8,10,14,16H,4,6,9,11-13H2,1-3H3,(H,19,25)/t16-/m1/s1. The number of ether oxygens (including phenoxy) is 1. The minimum Gasteiger partial charge on any atom is -0.375 e. The number of rotatable bonds is 8. The molecule has 0 unspecified atom stereocenters. The quantitative estimate of drug-likeness (QED) is 0.769. The summed E-state index contributed by atoms with van der Waals surface area (Å²) >= 11 is 0. The Morgan fingerprint density at radius 1 is 1.42 bits per heavy atom. The molecule has 0 fully saturated rings. The molecular formula is C18H28N6O2. The first-order valence-corrected chi connectivity index (χ1v) is 9.10. The first kappa shape index (κ1) is 18.6. The Labute approximate surface area is 154 Å². The molecule has 0 radical (unpaired) electrons. The van der Waals surface area contributed by atoms with E-state index in [1.54, 1.807) is 0 Å². The fourth-order valence-electron chi connectivity index (χ4n) is 3.36. The molecule has 8 nitrogen and oxygen atoms in total. The predicted molar refractivity (Wildman–Crippen MR) is 97.5 cm³/mol. The van der Waals surface area contributed by atoms with E-state index in [9.17, 15) is 4.79 Å². The second kappa shape index (κ2) is 8.46. The van der Waals surface area contributed by atoms with E-state index in [1.165, 1.54) is 18.4 Å². The van der Waals surface area contributed by atoms with Crippen LogP contribution in [0.5, 0.6) is 0 Å². The first-order chi connectivity index (χ1) is 12.6. The van der Waals surface area contributed by atoms with Gasteiger partial charge in [0, 0.05) is 57.3 Å². The lowest BCUT2D eigenvalue weighted by Gasteiger charge is -2.33. The lowest BCUT2D eigenvalue weighted by atomic mass is 10.1. The molecule has 1 N–H and O–H groups in total. The van der Waals surface area contributed by atoms with Gasteiger partial charge in [-0.2, -0.15) is 10.2 Å². The smallest absolute Gasteiger partial charge is 0.245 e. The number of hydrogen-bond acceptors (Lipinski definition) is 5. The van der Waals surface area contributed by atoms with Crippen molar-refractivity contribution in [3.8, 4) is 0 Å². The van der Waals surface area contributed by atoms with Gasteiger partial charge in [0.15, 0.2) is 0 Å². The van der Waals surface area contributed by atoms with Gasteiger partial charge in [-0.25, -0.2) is 0 Å². The van der Waals surface area contributed by atoms with E-state index in [0.717, 1.165) is 26.1 Å². The molecule has 0 saturated heterocycles. The summed E-state index contributed by atoms with van der Waals surface area (Å²) in [6.45, 7) is 7.62. The molecule has 3 rings (SSSR count). The molecule has 2 aromatic heterocycles. The van der Waals surface area contributed by atoms with Crippen molar-refractivity contribution < 1.29 is 9.53 Å². The van der Waals surface area contributed by atoms with Crippen LogP contribution < -0.4 is 5.32 Å². The van der Waals surface area contributed by atoms with Gasteiger partial charge in [-0.3, -0.25) is 19.1 Å². The highest BCUT2D eigenvalue weighted by molar-refractivity contribution is 5.77. The minimum atomic E-state index is -0.0815. The lowest BCUT2D eigenvalue weighted by Crippen LogP contribution is -2.39. The van der Waals surface area contributed by atoms with Crippen LogP contribution in [-0.4, -0.2) is 57.2 Å². The molecule has 0 aromatic carbocycles.